The average Bonchev–Trinajstić information content (AvgIpc) is 2.68. The van der Waals surface area contributed by atoms with Gasteiger partial charge in [0.15, 0.2) is 0 Å². The fourth-order valence-corrected chi connectivity index (χ4v) is 4.50. The zero-order valence-corrected chi connectivity index (χ0v) is 16.8. The molecular weight excluding hydrogens is 341 g/mol. The fraction of sp³-hybridized carbons (Fsp3) is 0.682. The van der Waals surface area contributed by atoms with Crippen LogP contribution < -0.4 is 10.2 Å². The molecule has 0 aromatic heterocycles. The number of hydrogen-bond donors (Lipinski definition) is 1. The Morgan fingerprint density at radius 2 is 1.89 bits per heavy atom. The Labute approximate surface area is 163 Å². The zero-order chi connectivity index (χ0) is 19.2. The third-order valence-corrected chi connectivity index (χ3v) is 6.19. The minimum absolute atomic E-state index is 0.0976. The van der Waals surface area contributed by atoms with Crippen molar-refractivity contribution in [3.8, 4) is 0 Å². The van der Waals surface area contributed by atoms with Crippen molar-refractivity contribution in [2.75, 3.05) is 37.6 Å². The maximum atomic E-state index is 14.0. The molecular formula is C22H34FN3O. The first-order valence-corrected chi connectivity index (χ1v) is 10.6. The smallest absolute Gasteiger partial charge is 0.220 e. The highest BCUT2D eigenvalue weighted by atomic mass is 19.1. The third-order valence-electron chi connectivity index (χ3n) is 6.19. The lowest BCUT2D eigenvalue weighted by molar-refractivity contribution is -0.122. The van der Waals surface area contributed by atoms with E-state index in [0.717, 1.165) is 56.8 Å². The van der Waals surface area contributed by atoms with Crippen molar-refractivity contribution in [2.45, 2.75) is 58.4 Å². The number of anilines is 1. The van der Waals surface area contributed by atoms with Gasteiger partial charge in [-0.05, 0) is 50.4 Å². The predicted molar refractivity (Wildman–Crippen MR) is 108 cm³/mol. The summed E-state index contributed by atoms with van der Waals surface area (Å²) in [5.41, 5.74) is 1.94. The monoisotopic (exact) mass is 375 g/mol. The van der Waals surface area contributed by atoms with E-state index in [1.807, 2.05) is 13.0 Å². The van der Waals surface area contributed by atoms with E-state index in [-0.39, 0.29) is 17.8 Å². The Balaban J connectivity index is 1.65. The SMILES string of the molecule is CCN1CCN(c2ccc(F)cc2[C@@H](C)NC(=O)CC2CCCCC2)CC1. The van der Waals surface area contributed by atoms with Crippen LogP contribution in [0.3, 0.4) is 0 Å². The van der Waals surface area contributed by atoms with Crippen molar-refractivity contribution in [1.29, 1.82) is 0 Å². The van der Waals surface area contributed by atoms with E-state index >= 15 is 0 Å². The van der Waals surface area contributed by atoms with E-state index in [4.69, 9.17) is 0 Å². The van der Waals surface area contributed by atoms with E-state index in [1.165, 1.54) is 25.3 Å². The van der Waals surface area contributed by atoms with Gasteiger partial charge in [0.2, 0.25) is 5.91 Å². The summed E-state index contributed by atoms with van der Waals surface area (Å²) in [6.07, 6.45) is 6.71. The van der Waals surface area contributed by atoms with Crippen LogP contribution in [0.25, 0.3) is 0 Å². The maximum absolute atomic E-state index is 14.0. The first-order valence-electron chi connectivity index (χ1n) is 10.6. The molecule has 1 heterocycles. The topological polar surface area (TPSA) is 35.6 Å². The number of amides is 1. The number of hydrogen-bond acceptors (Lipinski definition) is 3. The van der Waals surface area contributed by atoms with E-state index in [2.05, 4.69) is 22.0 Å². The highest BCUT2D eigenvalue weighted by molar-refractivity contribution is 5.77. The molecule has 1 N–H and O–H groups in total. The van der Waals surface area contributed by atoms with Gasteiger partial charge in [-0.15, -0.1) is 0 Å². The summed E-state index contributed by atoms with van der Waals surface area (Å²) >= 11 is 0. The number of carbonyl (C=O) groups excluding carboxylic acids is 1. The van der Waals surface area contributed by atoms with Gasteiger partial charge in [0.1, 0.15) is 5.82 Å². The van der Waals surface area contributed by atoms with Crippen LogP contribution in [0.15, 0.2) is 18.2 Å². The lowest BCUT2D eigenvalue weighted by Gasteiger charge is -2.37. The molecule has 1 aliphatic heterocycles. The molecule has 3 rings (SSSR count). The number of carbonyl (C=O) groups is 1. The number of nitrogens with one attached hydrogen (secondary N) is 1. The van der Waals surface area contributed by atoms with Crippen molar-refractivity contribution in [3.63, 3.8) is 0 Å². The van der Waals surface area contributed by atoms with Gasteiger partial charge in [0.25, 0.3) is 0 Å². The van der Waals surface area contributed by atoms with Gasteiger partial charge < -0.3 is 15.1 Å². The normalized spacial score (nSPS) is 20.5. The summed E-state index contributed by atoms with van der Waals surface area (Å²) in [5, 5.41) is 3.13. The molecule has 4 nitrogen and oxygen atoms in total. The molecule has 0 unspecified atom stereocenters. The van der Waals surface area contributed by atoms with Gasteiger partial charge >= 0.3 is 0 Å². The molecule has 1 aliphatic carbocycles. The Hall–Kier alpha value is -1.62. The molecule has 1 aromatic carbocycles. The van der Waals surface area contributed by atoms with Gasteiger partial charge in [0, 0.05) is 43.9 Å². The van der Waals surface area contributed by atoms with Gasteiger partial charge in [-0.2, -0.15) is 0 Å². The Morgan fingerprint density at radius 3 is 2.56 bits per heavy atom. The van der Waals surface area contributed by atoms with E-state index in [9.17, 15) is 9.18 Å². The molecule has 0 bridgehead atoms. The van der Waals surface area contributed by atoms with Crippen molar-refractivity contribution in [2.24, 2.45) is 5.92 Å². The quantitative estimate of drug-likeness (QED) is 0.813. The minimum Gasteiger partial charge on any atom is -0.369 e. The fourth-order valence-electron chi connectivity index (χ4n) is 4.50. The number of halogens is 1. The van der Waals surface area contributed by atoms with Crippen LogP contribution in [0.2, 0.25) is 0 Å². The van der Waals surface area contributed by atoms with Crippen LogP contribution in [-0.2, 0) is 4.79 Å². The molecule has 0 spiro atoms. The summed E-state index contributed by atoms with van der Waals surface area (Å²) in [5.74, 6) is 0.370. The highest BCUT2D eigenvalue weighted by Crippen LogP contribution is 2.30. The highest BCUT2D eigenvalue weighted by Gasteiger charge is 2.23. The molecule has 1 saturated heterocycles. The summed E-state index contributed by atoms with van der Waals surface area (Å²) in [6.45, 7) is 9.15. The first kappa shape index (κ1) is 20.1. The van der Waals surface area contributed by atoms with Crippen molar-refractivity contribution < 1.29 is 9.18 Å². The predicted octanol–water partition coefficient (Wildman–Crippen LogP) is 4.12. The summed E-state index contributed by atoms with van der Waals surface area (Å²) in [6, 6.07) is 4.81. The summed E-state index contributed by atoms with van der Waals surface area (Å²) in [4.78, 5) is 17.3. The van der Waals surface area contributed by atoms with Crippen LogP contribution in [0, 0.1) is 11.7 Å². The molecule has 2 aliphatic rings. The molecule has 1 atom stereocenters. The van der Waals surface area contributed by atoms with Crippen molar-refractivity contribution in [1.82, 2.24) is 10.2 Å². The second kappa shape index (κ2) is 9.54. The van der Waals surface area contributed by atoms with E-state index in [1.54, 1.807) is 6.07 Å². The van der Waals surface area contributed by atoms with Gasteiger partial charge in [-0.3, -0.25) is 4.79 Å². The Morgan fingerprint density at radius 1 is 1.19 bits per heavy atom. The van der Waals surface area contributed by atoms with Crippen LogP contribution in [0.1, 0.15) is 64.0 Å². The number of benzene rings is 1. The number of nitrogens with zero attached hydrogens (tertiary/aromatic N) is 2. The molecule has 2 fully saturated rings. The Kier molecular flexibility index (Phi) is 7.11. The zero-order valence-electron chi connectivity index (χ0n) is 16.8. The van der Waals surface area contributed by atoms with Gasteiger partial charge in [-0.25, -0.2) is 4.39 Å². The number of piperazine rings is 1. The van der Waals surface area contributed by atoms with Crippen molar-refractivity contribution in [3.05, 3.63) is 29.6 Å². The third kappa shape index (κ3) is 5.44. The standard InChI is InChI=1S/C22H34FN3O/c1-3-25-11-13-26(14-12-25)21-10-9-19(23)16-20(21)17(2)24-22(27)15-18-7-5-4-6-8-18/h9-10,16-18H,3-8,11-15H2,1-2H3,(H,24,27)/t17-/m1/s1. The molecule has 150 valence electrons. The molecule has 1 aromatic rings. The largest absolute Gasteiger partial charge is 0.369 e. The van der Waals surface area contributed by atoms with Crippen LogP contribution in [-0.4, -0.2) is 43.5 Å². The summed E-state index contributed by atoms with van der Waals surface area (Å²) in [7, 11) is 0. The molecule has 1 saturated carbocycles. The van der Waals surface area contributed by atoms with Crippen LogP contribution in [0.4, 0.5) is 10.1 Å². The number of rotatable bonds is 6. The second-order valence-electron chi connectivity index (χ2n) is 8.12. The van der Waals surface area contributed by atoms with Crippen LogP contribution >= 0.6 is 0 Å². The van der Waals surface area contributed by atoms with Crippen molar-refractivity contribution >= 4 is 11.6 Å². The van der Waals surface area contributed by atoms with Gasteiger partial charge in [0.05, 0.1) is 6.04 Å². The van der Waals surface area contributed by atoms with E-state index in [0.29, 0.717) is 12.3 Å². The molecule has 27 heavy (non-hydrogen) atoms. The lowest BCUT2D eigenvalue weighted by Crippen LogP contribution is -2.46. The molecule has 0 radical (unpaired) electrons. The average molecular weight is 376 g/mol. The number of likely N-dealkylation sites (N-methyl/N-ethyl adjacent to an activating group) is 1. The van der Waals surface area contributed by atoms with Crippen LogP contribution in [0.5, 0.6) is 0 Å². The minimum atomic E-state index is -0.241. The van der Waals surface area contributed by atoms with Gasteiger partial charge in [-0.1, -0.05) is 26.2 Å². The summed E-state index contributed by atoms with van der Waals surface area (Å²) < 4.78 is 14.0. The maximum Gasteiger partial charge on any atom is 0.220 e. The van der Waals surface area contributed by atoms with E-state index < -0.39 is 0 Å². The molecule has 5 heteroatoms. The Bertz CT molecular complexity index is 622. The molecule has 1 amide bonds. The lowest BCUT2D eigenvalue weighted by atomic mass is 9.87. The first-order chi connectivity index (χ1) is 13.1. The second-order valence-corrected chi connectivity index (χ2v) is 8.12.